The van der Waals surface area contributed by atoms with Gasteiger partial charge in [0.2, 0.25) is 10.0 Å². The number of nitrogens with one attached hydrogen (secondary N) is 1. The number of rotatable bonds is 5. The molecule has 0 saturated carbocycles. The van der Waals surface area contributed by atoms with Crippen LogP contribution < -0.4 is 4.72 Å². The molecule has 3 aromatic rings. The van der Waals surface area contributed by atoms with E-state index in [1.165, 1.54) is 4.68 Å². The number of sulfonamides is 1. The fraction of sp³-hybridized carbons (Fsp3) is 0.133. The number of benzene rings is 1. The van der Waals surface area contributed by atoms with Gasteiger partial charge in [-0.1, -0.05) is 36.4 Å². The first kappa shape index (κ1) is 14.8. The Morgan fingerprint density at radius 1 is 1.18 bits per heavy atom. The summed E-state index contributed by atoms with van der Waals surface area (Å²) in [4.78, 5) is 1.00. The number of aromatic nitrogens is 2. The zero-order valence-electron chi connectivity index (χ0n) is 11.9. The molecule has 7 heteroatoms. The molecule has 0 fully saturated rings. The number of thiophene rings is 1. The molecule has 0 spiro atoms. The lowest BCUT2D eigenvalue weighted by atomic mass is 10.2. The average molecular weight is 333 g/mol. The average Bonchev–Trinajstić information content (AvgIpc) is 3.10. The van der Waals surface area contributed by atoms with Gasteiger partial charge >= 0.3 is 0 Å². The lowest BCUT2D eigenvalue weighted by Gasteiger charge is -2.07. The molecule has 0 bridgehead atoms. The molecule has 0 aliphatic carbocycles. The van der Waals surface area contributed by atoms with E-state index in [1.807, 2.05) is 35.7 Å². The van der Waals surface area contributed by atoms with E-state index in [4.69, 9.17) is 0 Å². The summed E-state index contributed by atoms with van der Waals surface area (Å²) in [6, 6.07) is 14.7. The van der Waals surface area contributed by atoms with E-state index < -0.39 is 10.0 Å². The van der Waals surface area contributed by atoms with Crippen molar-refractivity contribution in [3.63, 3.8) is 0 Å². The Hall–Kier alpha value is -2.12. The van der Waals surface area contributed by atoms with Gasteiger partial charge in [-0.2, -0.15) is 5.10 Å². The molecule has 114 valence electrons. The molecule has 2 aromatic heterocycles. The molecule has 5 nitrogen and oxygen atoms in total. The summed E-state index contributed by atoms with van der Waals surface area (Å²) in [5, 5.41) is 6.31. The van der Waals surface area contributed by atoms with Crippen LogP contribution in [0.1, 0.15) is 5.56 Å². The molecular weight excluding hydrogens is 318 g/mol. The molecule has 1 N–H and O–H groups in total. The molecule has 0 saturated heterocycles. The quantitative estimate of drug-likeness (QED) is 0.780. The monoisotopic (exact) mass is 333 g/mol. The minimum atomic E-state index is -3.47. The maximum Gasteiger partial charge on any atom is 0.238 e. The van der Waals surface area contributed by atoms with Gasteiger partial charge in [0.05, 0.1) is 10.6 Å². The number of hydrogen-bond donors (Lipinski definition) is 1. The molecule has 0 atom stereocenters. The summed E-state index contributed by atoms with van der Waals surface area (Å²) in [6.07, 6.45) is 0. The summed E-state index contributed by atoms with van der Waals surface area (Å²) in [7, 11) is -1.75. The lowest BCUT2D eigenvalue weighted by molar-refractivity contribution is 0.599. The summed E-state index contributed by atoms with van der Waals surface area (Å²) in [6.45, 7) is 0. The van der Waals surface area contributed by atoms with E-state index in [9.17, 15) is 8.42 Å². The van der Waals surface area contributed by atoms with Crippen molar-refractivity contribution in [2.24, 2.45) is 7.05 Å². The first-order chi connectivity index (χ1) is 10.5. The van der Waals surface area contributed by atoms with Gasteiger partial charge in [0.15, 0.2) is 0 Å². The second-order valence-electron chi connectivity index (χ2n) is 4.86. The van der Waals surface area contributed by atoms with Crippen LogP contribution in [-0.2, 0) is 22.8 Å². The minimum Gasteiger partial charge on any atom is -0.267 e. The maximum absolute atomic E-state index is 12.3. The number of nitrogens with zero attached hydrogens (tertiary/aromatic N) is 2. The van der Waals surface area contributed by atoms with Gasteiger partial charge in [0.25, 0.3) is 0 Å². The first-order valence-corrected chi connectivity index (χ1v) is 9.19. The number of anilines is 1. The lowest BCUT2D eigenvalue weighted by Crippen LogP contribution is -2.17. The molecule has 1 aromatic carbocycles. The highest BCUT2D eigenvalue weighted by atomic mass is 32.2. The van der Waals surface area contributed by atoms with Gasteiger partial charge < -0.3 is 0 Å². The van der Waals surface area contributed by atoms with Gasteiger partial charge in [-0.25, -0.2) is 8.42 Å². The van der Waals surface area contributed by atoms with Crippen LogP contribution >= 0.6 is 11.3 Å². The van der Waals surface area contributed by atoms with E-state index in [2.05, 4.69) is 9.82 Å². The Kier molecular flexibility index (Phi) is 4.00. The van der Waals surface area contributed by atoms with Crippen molar-refractivity contribution in [1.82, 2.24) is 9.78 Å². The van der Waals surface area contributed by atoms with Crippen molar-refractivity contribution in [3.05, 3.63) is 59.5 Å². The highest BCUT2D eigenvalue weighted by Crippen LogP contribution is 2.26. The fourth-order valence-corrected chi connectivity index (χ4v) is 3.99. The Bertz CT molecular complexity index is 854. The highest BCUT2D eigenvalue weighted by molar-refractivity contribution is 7.91. The molecule has 0 amide bonds. The molecule has 2 heterocycles. The van der Waals surface area contributed by atoms with Crippen LogP contribution in [0.2, 0.25) is 0 Å². The standard InChI is InChI=1S/C15H15N3O2S2/c1-18-15(10-13(16-18)14-8-5-9-21-14)17-22(19,20)11-12-6-3-2-4-7-12/h2-10,17H,11H2,1H3. The van der Waals surface area contributed by atoms with Crippen LogP contribution in [0.3, 0.4) is 0 Å². The third kappa shape index (κ3) is 3.37. The Morgan fingerprint density at radius 2 is 1.95 bits per heavy atom. The first-order valence-electron chi connectivity index (χ1n) is 6.66. The van der Waals surface area contributed by atoms with Crippen molar-refractivity contribution < 1.29 is 8.42 Å². The fourth-order valence-electron chi connectivity index (χ4n) is 2.10. The summed E-state index contributed by atoms with van der Waals surface area (Å²) in [5.74, 6) is 0.396. The van der Waals surface area contributed by atoms with E-state index in [-0.39, 0.29) is 5.75 Å². The van der Waals surface area contributed by atoms with Crippen molar-refractivity contribution in [1.29, 1.82) is 0 Å². The Labute approximate surface area is 133 Å². The van der Waals surface area contributed by atoms with Crippen molar-refractivity contribution in [3.8, 4) is 10.6 Å². The van der Waals surface area contributed by atoms with Crippen LogP contribution in [0.25, 0.3) is 10.6 Å². The predicted molar refractivity (Wildman–Crippen MR) is 89.2 cm³/mol. The second kappa shape index (κ2) is 5.94. The molecule has 0 unspecified atom stereocenters. The van der Waals surface area contributed by atoms with Crippen LogP contribution in [0.5, 0.6) is 0 Å². The van der Waals surface area contributed by atoms with E-state index in [0.29, 0.717) is 5.82 Å². The maximum atomic E-state index is 12.3. The predicted octanol–water partition coefficient (Wildman–Crippen LogP) is 3.09. The van der Waals surface area contributed by atoms with Crippen molar-refractivity contribution >= 4 is 27.2 Å². The van der Waals surface area contributed by atoms with Crippen molar-refractivity contribution in [2.75, 3.05) is 4.72 Å². The Morgan fingerprint density at radius 3 is 2.64 bits per heavy atom. The molecule has 0 radical (unpaired) electrons. The van der Waals surface area contributed by atoms with Gasteiger partial charge in [-0.05, 0) is 17.0 Å². The summed E-state index contributed by atoms with van der Waals surface area (Å²) >= 11 is 1.57. The Balaban J connectivity index is 1.81. The van der Waals surface area contributed by atoms with E-state index in [1.54, 1.807) is 36.6 Å². The van der Waals surface area contributed by atoms with Gasteiger partial charge in [-0.3, -0.25) is 9.40 Å². The molecule has 3 rings (SSSR count). The van der Waals surface area contributed by atoms with Crippen LogP contribution in [-0.4, -0.2) is 18.2 Å². The topological polar surface area (TPSA) is 64.0 Å². The molecule has 22 heavy (non-hydrogen) atoms. The third-order valence-corrected chi connectivity index (χ3v) is 5.24. The third-order valence-electron chi connectivity index (χ3n) is 3.11. The number of hydrogen-bond acceptors (Lipinski definition) is 4. The van der Waals surface area contributed by atoms with E-state index in [0.717, 1.165) is 16.1 Å². The summed E-state index contributed by atoms with van der Waals surface area (Å²) < 4.78 is 28.7. The molecular formula is C15H15N3O2S2. The van der Waals surface area contributed by atoms with Crippen LogP contribution in [0.4, 0.5) is 5.82 Å². The molecule has 0 aliphatic heterocycles. The zero-order valence-corrected chi connectivity index (χ0v) is 13.6. The largest absolute Gasteiger partial charge is 0.267 e. The van der Waals surface area contributed by atoms with Gasteiger partial charge in [0.1, 0.15) is 11.5 Å². The smallest absolute Gasteiger partial charge is 0.238 e. The van der Waals surface area contributed by atoms with Gasteiger partial charge in [0, 0.05) is 13.1 Å². The highest BCUT2D eigenvalue weighted by Gasteiger charge is 2.15. The molecule has 0 aliphatic rings. The number of aryl methyl sites for hydroxylation is 1. The SMILES string of the molecule is Cn1nc(-c2cccs2)cc1NS(=O)(=O)Cc1ccccc1. The normalized spacial score (nSPS) is 11.5. The van der Waals surface area contributed by atoms with E-state index >= 15 is 0 Å². The second-order valence-corrected chi connectivity index (χ2v) is 7.53. The van der Waals surface area contributed by atoms with Crippen LogP contribution in [0, 0.1) is 0 Å². The minimum absolute atomic E-state index is 0.0621. The van der Waals surface area contributed by atoms with Gasteiger partial charge in [-0.15, -0.1) is 11.3 Å². The zero-order chi connectivity index (χ0) is 15.6. The van der Waals surface area contributed by atoms with Crippen LogP contribution in [0.15, 0.2) is 53.9 Å². The summed E-state index contributed by atoms with van der Waals surface area (Å²) in [5.41, 5.74) is 1.51. The van der Waals surface area contributed by atoms with Crippen molar-refractivity contribution in [2.45, 2.75) is 5.75 Å².